The van der Waals surface area contributed by atoms with Crippen molar-refractivity contribution in [2.45, 2.75) is 23.0 Å². The van der Waals surface area contributed by atoms with Crippen LogP contribution in [-0.4, -0.2) is 48.4 Å². The van der Waals surface area contributed by atoms with E-state index >= 15 is 0 Å². The minimum absolute atomic E-state index is 0.122. The second kappa shape index (κ2) is 10.9. The zero-order valence-corrected chi connectivity index (χ0v) is 18.4. The highest BCUT2D eigenvalue weighted by atomic mass is 32.2. The summed E-state index contributed by atoms with van der Waals surface area (Å²) in [5, 5.41) is 9.89. The van der Waals surface area contributed by atoms with Crippen molar-refractivity contribution in [2.24, 2.45) is 0 Å². The van der Waals surface area contributed by atoms with E-state index in [-0.39, 0.29) is 23.5 Å². The number of aromatic amines is 1. The van der Waals surface area contributed by atoms with Crippen molar-refractivity contribution in [1.82, 2.24) is 25.2 Å². The van der Waals surface area contributed by atoms with Crippen molar-refractivity contribution in [1.29, 1.82) is 0 Å². The molecule has 3 rings (SSSR count). The fourth-order valence-electron chi connectivity index (χ4n) is 2.63. The smallest absolute Gasteiger partial charge is 0.257 e. The van der Waals surface area contributed by atoms with Gasteiger partial charge in [0.2, 0.25) is 10.0 Å². The Labute approximate surface area is 185 Å². The minimum Gasteiger partial charge on any atom is -0.484 e. The van der Waals surface area contributed by atoms with E-state index in [1.165, 1.54) is 42.4 Å². The van der Waals surface area contributed by atoms with Crippen molar-refractivity contribution >= 4 is 27.7 Å². The van der Waals surface area contributed by atoms with E-state index in [0.29, 0.717) is 23.2 Å². The Morgan fingerprint density at radius 1 is 1.16 bits per heavy atom. The van der Waals surface area contributed by atoms with Crippen LogP contribution in [0.1, 0.15) is 18.5 Å². The maximum absolute atomic E-state index is 12.6. The van der Waals surface area contributed by atoms with Gasteiger partial charge in [-0.25, -0.2) is 18.1 Å². The standard InChI is InChI=1S/C20H23N5O4S2/c1-15(16-5-3-2-4-6-16)25-31(27,28)18-9-7-17(8-10-18)29-13-19(26)21-11-12-30-20-22-14-23-24-20/h2-10,14-15,25H,11-13H2,1H3,(H,21,26)(H,22,23,24). The third-order valence-corrected chi connectivity index (χ3v) is 6.63. The van der Waals surface area contributed by atoms with Crippen molar-refractivity contribution in [2.75, 3.05) is 18.9 Å². The first-order chi connectivity index (χ1) is 14.9. The van der Waals surface area contributed by atoms with Gasteiger partial charge in [-0.15, -0.1) is 0 Å². The number of hydrogen-bond donors (Lipinski definition) is 3. The van der Waals surface area contributed by atoms with E-state index < -0.39 is 10.0 Å². The summed E-state index contributed by atoms with van der Waals surface area (Å²) < 4.78 is 33.3. The molecule has 0 radical (unpaired) electrons. The maximum atomic E-state index is 12.6. The number of nitrogens with zero attached hydrogens (tertiary/aromatic N) is 2. The largest absolute Gasteiger partial charge is 0.484 e. The predicted molar refractivity (Wildman–Crippen MR) is 117 cm³/mol. The summed E-state index contributed by atoms with van der Waals surface area (Å²) >= 11 is 1.44. The lowest BCUT2D eigenvalue weighted by molar-refractivity contribution is -0.122. The van der Waals surface area contributed by atoms with Crippen LogP contribution in [0.25, 0.3) is 0 Å². The number of hydrogen-bond acceptors (Lipinski definition) is 7. The summed E-state index contributed by atoms with van der Waals surface area (Å²) in [6.45, 7) is 2.07. The molecule has 1 aromatic heterocycles. The third kappa shape index (κ3) is 7.09. The summed E-state index contributed by atoms with van der Waals surface area (Å²) in [5.41, 5.74) is 0.872. The number of nitrogens with one attached hydrogen (secondary N) is 3. The molecule has 0 saturated carbocycles. The quantitative estimate of drug-likeness (QED) is 0.295. The van der Waals surface area contributed by atoms with Crippen LogP contribution in [0, 0.1) is 0 Å². The second-order valence-corrected chi connectivity index (χ2v) is 9.30. The number of amides is 1. The first kappa shape index (κ1) is 22.8. The average molecular weight is 462 g/mol. The molecule has 31 heavy (non-hydrogen) atoms. The number of benzene rings is 2. The number of rotatable bonds is 11. The van der Waals surface area contributed by atoms with Crippen LogP contribution in [-0.2, 0) is 14.8 Å². The molecule has 0 spiro atoms. The highest BCUT2D eigenvalue weighted by Crippen LogP contribution is 2.19. The molecule has 0 saturated heterocycles. The molecular weight excluding hydrogens is 438 g/mol. The molecule has 0 bridgehead atoms. The van der Waals surface area contributed by atoms with E-state index in [0.717, 1.165) is 5.56 Å². The molecule has 1 heterocycles. The Kier molecular flexibility index (Phi) is 8.04. The molecule has 0 fully saturated rings. The van der Waals surface area contributed by atoms with Crippen molar-refractivity contribution < 1.29 is 17.9 Å². The van der Waals surface area contributed by atoms with Gasteiger partial charge in [0, 0.05) is 18.3 Å². The molecule has 164 valence electrons. The topological polar surface area (TPSA) is 126 Å². The van der Waals surface area contributed by atoms with Gasteiger partial charge in [-0.3, -0.25) is 9.89 Å². The zero-order chi connectivity index (χ0) is 22.1. The number of thioether (sulfide) groups is 1. The van der Waals surface area contributed by atoms with Crippen LogP contribution in [0.3, 0.4) is 0 Å². The first-order valence-electron chi connectivity index (χ1n) is 9.49. The van der Waals surface area contributed by atoms with Crippen LogP contribution in [0.5, 0.6) is 5.75 Å². The molecule has 0 aliphatic heterocycles. The Morgan fingerprint density at radius 3 is 2.58 bits per heavy atom. The lowest BCUT2D eigenvalue weighted by Gasteiger charge is -2.15. The molecule has 0 aliphatic carbocycles. The summed E-state index contributed by atoms with van der Waals surface area (Å²) in [6.07, 6.45) is 1.42. The molecular formula is C20H23N5O4S2. The van der Waals surface area contributed by atoms with E-state index in [9.17, 15) is 13.2 Å². The number of H-pyrrole nitrogens is 1. The van der Waals surface area contributed by atoms with Gasteiger partial charge in [0.1, 0.15) is 12.1 Å². The van der Waals surface area contributed by atoms with E-state index in [4.69, 9.17) is 4.74 Å². The molecule has 1 unspecified atom stereocenters. The number of sulfonamides is 1. The van der Waals surface area contributed by atoms with Crippen LogP contribution in [0.15, 0.2) is 71.0 Å². The van der Waals surface area contributed by atoms with Gasteiger partial charge in [0.25, 0.3) is 5.91 Å². The van der Waals surface area contributed by atoms with E-state index in [1.807, 2.05) is 30.3 Å². The average Bonchev–Trinajstić information content (AvgIpc) is 3.29. The molecule has 0 aliphatic rings. The zero-order valence-electron chi connectivity index (χ0n) is 16.8. The van der Waals surface area contributed by atoms with Gasteiger partial charge >= 0.3 is 0 Å². The summed E-state index contributed by atoms with van der Waals surface area (Å²) in [4.78, 5) is 16.0. The van der Waals surface area contributed by atoms with Crippen LogP contribution < -0.4 is 14.8 Å². The lowest BCUT2D eigenvalue weighted by Crippen LogP contribution is -2.30. The van der Waals surface area contributed by atoms with Crippen molar-refractivity contribution in [3.05, 3.63) is 66.5 Å². The van der Waals surface area contributed by atoms with Gasteiger partial charge in [0.05, 0.1) is 4.90 Å². The molecule has 11 heteroatoms. The van der Waals surface area contributed by atoms with Gasteiger partial charge in [-0.1, -0.05) is 42.1 Å². The maximum Gasteiger partial charge on any atom is 0.257 e. The molecule has 1 amide bonds. The van der Waals surface area contributed by atoms with Gasteiger partial charge in [-0.2, -0.15) is 5.10 Å². The molecule has 2 aromatic carbocycles. The number of carbonyl (C=O) groups is 1. The highest BCUT2D eigenvalue weighted by molar-refractivity contribution is 7.99. The molecule has 1 atom stereocenters. The van der Waals surface area contributed by atoms with Crippen molar-refractivity contribution in [3.63, 3.8) is 0 Å². The lowest BCUT2D eigenvalue weighted by atomic mass is 10.1. The minimum atomic E-state index is -3.69. The van der Waals surface area contributed by atoms with E-state index in [2.05, 4.69) is 25.2 Å². The van der Waals surface area contributed by atoms with Crippen LogP contribution in [0.4, 0.5) is 0 Å². The molecule has 9 nitrogen and oxygen atoms in total. The summed E-state index contributed by atoms with van der Waals surface area (Å²) in [7, 11) is -3.69. The SMILES string of the molecule is CC(NS(=O)(=O)c1ccc(OCC(=O)NCCSc2ncn[nH]2)cc1)c1ccccc1. The third-order valence-electron chi connectivity index (χ3n) is 4.19. The van der Waals surface area contributed by atoms with Gasteiger partial charge in [0.15, 0.2) is 11.8 Å². The van der Waals surface area contributed by atoms with Gasteiger partial charge in [-0.05, 0) is 36.8 Å². The Balaban J connectivity index is 1.44. The number of aromatic nitrogens is 3. The van der Waals surface area contributed by atoms with Gasteiger partial charge < -0.3 is 10.1 Å². The molecule has 3 aromatic rings. The molecule has 3 N–H and O–H groups in total. The Morgan fingerprint density at radius 2 is 1.90 bits per heavy atom. The fourth-order valence-corrected chi connectivity index (χ4v) is 4.50. The number of ether oxygens (including phenoxy) is 1. The summed E-state index contributed by atoms with van der Waals surface area (Å²) in [6, 6.07) is 14.9. The Bertz CT molecular complexity index is 1060. The summed E-state index contributed by atoms with van der Waals surface area (Å²) in [5.74, 6) is 0.775. The van der Waals surface area contributed by atoms with Crippen LogP contribution in [0.2, 0.25) is 0 Å². The fraction of sp³-hybridized carbons (Fsp3) is 0.250. The normalized spacial score (nSPS) is 12.3. The first-order valence-corrected chi connectivity index (χ1v) is 12.0. The second-order valence-electron chi connectivity index (χ2n) is 6.50. The highest BCUT2D eigenvalue weighted by Gasteiger charge is 2.18. The number of carbonyl (C=O) groups excluding carboxylic acids is 1. The predicted octanol–water partition coefficient (Wildman–Crippen LogP) is 2.13. The van der Waals surface area contributed by atoms with E-state index in [1.54, 1.807) is 6.92 Å². The van der Waals surface area contributed by atoms with Crippen molar-refractivity contribution in [3.8, 4) is 5.75 Å². The van der Waals surface area contributed by atoms with Crippen LogP contribution >= 0.6 is 11.8 Å². The Hall–Kier alpha value is -2.89. The monoisotopic (exact) mass is 461 g/mol.